The van der Waals surface area contributed by atoms with Gasteiger partial charge in [-0.05, 0) is 56.3 Å². The summed E-state index contributed by atoms with van der Waals surface area (Å²) in [5, 5.41) is 0. The van der Waals surface area contributed by atoms with E-state index in [1.54, 1.807) is 0 Å². The predicted octanol–water partition coefficient (Wildman–Crippen LogP) is 3.67. The lowest BCUT2D eigenvalue weighted by atomic mass is 9.84. The van der Waals surface area contributed by atoms with Crippen LogP contribution in [0.5, 0.6) is 0 Å². The molecule has 1 aromatic carbocycles. The maximum absolute atomic E-state index is 5.83. The van der Waals surface area contributed by atoms with Crippen LogP contribution in [0.4, 0.5) is 5.69 Å². The molecule has 0 amide bonds. The Morgan fingerprint density at radius 3 is 2.56 bits per heavy atom. The molecule has 1 aromatic rings. The van der Waals surface area contributed by atoms with Gasteiger partial charge in [0.05, 0.1) is 0 Å². The highest BCUT2D eigenvalue weighted by Crippen LogP contribution is 2.29. The van der Waals surface area contributed by atoms with Crippen molar-refractivity contribution in [1.29, 1.82) is 0 Å². The zero-order chi connectivity index (χ0) is 13.0. The van der Waals surface area contributed by atoms with Crippen LogP contribution >= 0.6 is 0 Å². The van der Waals surface area contributed by atoms with Gasteiger partial charge in [0.2, 0.25) is 0 Å². The molecule has 2 nitrogen and oxygen atoms in total. The fraction of sp³-hybridized carbons (Fsp3) is 0.625. The number of hydrogen-bond donors (Lipinski definition) is 1. The largest absolute Gasteiger partial charge is 0.399 e. The summed E-state index contributed by atoms with van der Waals surface area (Å²) in [5.41, 5.74) is 8.03. The van der Waals surface area contributed by atoms with Crippen LogP contribution in [0.2, 0.25) is 0 Å². The minimum Gasteiger partial charge on any atom is -0.399 e. The highest BCUT2D eigenvalue weighted by molar-refractivity contribution is 5.40. The monoisotopic (exact) mass is 246 g/mol. The van der Waals surface area contributed by atoms with Gasteiger partial charge in [0.1, 0.15) is 0 Å². The molecular weight excluding hydrogens is 220 g/mol. The summed E-state index contributed by atoms with van der Waals surface area (Å²) in [6, 6.07) is 9.02. The van der Waals surface area contributed by atoms with Gasteiger partial charge >= 0.3 is 0 Å². The molecule has 0 unspecified atom stereocenters. The van der Waals surface area contributed by atoms with E-state index in [2.05, 4.69) is 31.0 Å². The van der Waals surface area contributed by atoms with Crippen LogP contribution in [0, 0.1) is 5.92 Å². The highest BCUT2D eigenvalue weighted by Gasteiger charge is 2.22. The first-order chi connectivity index (χ1) is 8.69. The van der Waals surface area contributed by atoms with E-state index >= 15 is 0 Å². The molecule has 1 aliphatic carbocycles. The number of rotatable bonds is 4. The molecule has 0 radical (unpaired) electrons. The fourth-order valence-electron chi connectivity index (χ4n) is 3.10. The normalized spacial score (nSPS) is 24.4. The quantitative estimate of drug-likeness (QED) is 0.821. The first kappa shape index (κ1) is 13.4. The van der Waals surface area contributed by atoms with Gasteiger partial charge in [-0.25, -0.2) is 0 Å². The maximum Gasteiger partial charge on any atom is 0.0317 e. The standard InChI is InChI=1S/C16H26N2/c1-3-13-7-9-16(10-8-13)18(2)12-14-5-4-6-15(17)11-14/h4-6,11,13,16H,3,7-10,12,17H2,1-2H3. The van der Waals surface area contributed by atoms with E-state index in [0.717, 1.165) is 24.2 Å². The fourth-order valence-corrected chi connectivity index (χ4v) is 3.10. The van der Waals surface area contributed by atoms with E-state index in [-0.39, 0.29) is 0 Å². The first-order valence-corrected chi connectivity index (χ1v) is 7.23. The third kappa shape index (κ3) is 3.49. The molecule has 2 N–H and O–H groups in total. The molecule has 2 rings (SSSR count). The van der Waals surface area contributed by atoms with Gasteiger partial charge in [0.15, 0.2) is 0 Å². The zero-order valence-electron chi connectivity index (χ0n) is 11.7. The molecule has 1 saturated carbocycles. The number of nitrogens with two attached hydrogens (primary N) is 1. The topological polar surface area (TPSA) is 29.3 Å². The lowest BCUT2D eigenvalue weighted by Gasteiger charge is -2.34. The van der Waals surface area contributed by atoms with Gasteiger partial charge in [0.25, 0.3) is 0 Å². The molecule has 18 heavy (non-hydrogen) atoms. The Morgan fingerprint density at radius 2 is 1.94 bits per heavy atom. The third-order valence-corrected chi connectivity index (χ3v) is 4.40. The van der Waals surface area contributed by atoms with Crippen molar-refractivity contribution in [3.8, 4) is 0 Å². The van der Waals surface area contributed by atoms with Gasteiger partial charge in [-0.1, -0.05) is 25.5 Å². The van der Waals surface area contributed by atoms with Gasteiger partial charge in [0, 0.05) is 18.3 Å². The molecule has 1 aliphatic rings. The SMILES string of the molecule is CCC1CCC(N(C)Cc2cccc(N)c2)CC1. The van der Waals surface area contributed by atoms with Crippen molar-refractivity contribution in [3.63, 3.8) is 0 Å². The number of nitrogen functional groups attached to an aromatic ring is 1. The lowest BCUT2D eigenvalue weighted by Crippen LogP contribution is -2.34. The number of anilines is 1. The summed E-state index contributed by atoms with van der Waals surface area (Å²) < 4.78 is 0. The van der Waals surface area contributed by atoms with Crippen molar-refractivity contribution in [2.45, 2.75) is 51.6 Å². The van der Waals surface area contributed by atoms with E-state index in [0.29, 0.717) is 0 Å². The second kappa shape index (κ2) is 6.24. The zero-order valence-corrected chi connectivity index (χ0v) is 11.7. The maximum atomic E-state index is 5.83. The van der Waals surface area contributed by atoms with Crippen LogP contribution in [0.1, 0.15) is 44.6 Å². The Labute approximate surface area is 111 Å². The Bertz CT molecular complexity index is 367. The van der Waals surface area contributed by atoms with Crippen LogP contribution in [0.3, 0.4) is 0 Å². The first-order valence-electron chi connectivity index (χ1n) is 7.23. The molecule has 0 aliphatic heterocycles. The van der Waals surface area contributed by atoms with E-state index in [1.165, 1.54) is 37.7 Å². The number of hydrogen-bond acceptors (Lipinski definition) is 2. The van der Waals surface area contributed by atoms with E-state index in [1.807, 2.05) is 12.1 Å². The summed E-state index contributed by atoms with van der Waals surface area (Å²) in [6.07, 6.45) is 6.88. The van der Waals surface area contributed by atoms with Crippen molar-refractivity contribution in [1.82, 2.24) is 4.90 Å². The van der Waals surface area contributed by atoms with Crippen LogP contribution in [-0.4, -0.2) is 18.0 Å². The second-order valence-electron chi connectivity index (χ2n) is 5.74. The molecule has 0 spiro atoms. The highest BCUT2D eigenvalue weighted by atomic mass is 15.1. The minimum atomic E-state index is 0.759. The molecule has 1 fully saturated rings. The molecule has 0 bridgehead atoms. The third-order valence-electron chi connectivity index (χ3n) is 4.40. The van der Waals surface area contributed by atoms with Gasteiger partial charge in [-0.3, -0.25) is 4.90 Å². The van der Waals surface area contributed by atoms with Crippen molar-refractivity contribution in [2.75, 3.05) is 12.8 Å². The molecular formula is C16H26N2. The van der Waals surface area contributed by atoms with Gasteiger partial charge in [-0.2, -0.15) is 0 Å². The van der Waals surface area contributed by atoms with Crippen LogP contribution in [0.15, 0.2) is 24.3 Å². The van der Waals surface area contributed by atoms with Gasteiger partial charge < -0.3 is 5.73 Å². The Hall–Kier alpha value is -1.02. The summed E-state index contributed by atoms with van der Waals surface area (Å²) >= 11 is 0. The summed E-state index contributed by atoms with van der Waals surface area (Å²) in [5.74, 6) is 0.974. The lowest BCUT2D eigenvalue weighted by molar-refractivity contribution is 0.157. The second-order valence-corrected chi connectivity index (χ2v) is 5.74. The molecule has 0 heterocycles. The van der Waals surface area contributed by atoms with E-state index < -0.39 is 0 Å². The number of nitrogens with zero attached hydrogens (tertiary/aromatic N) is 1. The average molecular weight is 246 g/mol. The predicted molar refractivity (Wildman–Crippen MR) is 78.4 cm³/mol. The van der Waals surface area contributed by atoms with Crippen molar-refractivity contribution in [3.05, 3.63) is 29.8 Å². The molecule has 100 valence electrons. The van der Waals surface area contributed by atoms with Crippen molar-refractivity contribution >= 4 is 5.69 Å². The van der Waals surface area contributed by atoms with Crippen LogP contribution in [-0.2, 0) is 6.54 Å². The Morgan fingerprint density at radius 1 is 1.22 bits per heavy atom. The van der Waals surface area contributed by atoms with Crippen molar-refractivity contribution < 1.29 is 0 Å². The molecule has 0 aromatic heterocycles. The minimum absolute atomic E-state index is 0.759. The Balaban J connectivity index is 1.87. The number of benzene rings is 1. The molecule has 2 heteroatoms. The average Bonchev–Trinajstić information content (AvgIpc) is 2.39. The summed E-state index contributed by atoms with van der Waals surface area (Å²) in [7, 11) is 2.25. The summed E-state index contributed by atoms with van der Waals surface area (Å²) in [6.45, 7) is 3.34. The van der Waals surface area contributed by atoms with Gasteiger partial charge in [-0.15, -0.1) is 0 Å². The molecule has 0 atom stereocenters. The van der Waals surface area contributed by atoms with E-state index in [9.17, 15) is 0 Å². The van der Waals surface area contributed by atoms with Crippen LogP contribution in [0.25, 0.3) is 0 Å². The van der Waals surface area contributed by atoms with E-state index in [4.69, 9.17) is 5.73 Å². The van der Waals surface area contributed by atoms with Crippen LogP contribution < -0.4 is 5.73 Å². The molecule has 0 saturated heterocycles. The van der Waals surface area contributed by atoms with Crippen molar-refractivity contribution in [2.24, 2.45) is 5.92 Å². The Kier molecular flexibility index (Phi) is 4.65. The smallest absolute Gasteiger partial charge is 0.0317 e. The summed E-state index contributed by atoms with van der Waals surface area (Å²) in [4.78, 5) is 2.50.